The van der Waals surface area contributed by atoms with Crippen molar-refractivity contribution in [2.24, 2.45) is 0 Å². The zero-order valence-electron chi connectivity index (χ0n) is 11.5. The fourth-order valence-corrected chi connectivity index (χ4v) is 2.56. The van der Waals surface area contributed by atoms with Crippen molar-refractivity contribution in [3.05, 3.63) is 51.0 Å². The molecule has 3 N–H and O–H groups in total. The van der Waals surface area contributed by atoms with Crippen molar-refractivity contribution in [3.8, 4) is 0 Å². The van der Waals surface area contributed by atoms with E-state index in [1.54, 1.807) is 24.3 Å². The Balaban J connectivity index is 2.44. The molecule has 0 aromatic heterocycles. The second kappa shape index (κ2) is 6.37. The second-order valence-corrected chi connectivity index (χ2v) is 5.76. The van der Waals surface area contributed by atoms with Crippen LogP contribution in [0.2, 0.25) is 5.02 Å². The SMILES string of the molecule is COC(=O)c1cc(N)ccc1Nc1cc(Cl)c(C)cc1Br. The molecule has 0 aliphatic heterocycles. The number of benzene rings is 2. The van der Waals surface area contributed by atoms with E-state index in [0.29, 0.717) is 22.0 Å². The van der Waals surface area contributed by atoms with E-state index in [9.17, 15) is 4.79 Å². The molecular formula is C15H14BrClN2O2. The van der Waals surface area contributed by atoms with Crippen molar-refractivity contribution in [2.45, 2.75) is 6.92 Å². The lowest BCUT2D eigenvalue weighted by molar-refractivity contribution is 0.0602. The van der Waals surface area contributed by atoms with Crippen LogP contribution >= 0.6 is 27.5 Å². The number of hydrogen-bond donors (Lipinski definition) is 2. The van der Waals surface area contributed by atoms with Crippen LogP contribution in [-0.2, 0) is 4.74 Å². The number of esters is 1. The highest BCUT2D eigenvalue weighted by atomic mass is 79.9. The van der Waals surface area contributed by atoms with Gasteiger partial charge >= 0.3 is 5.97 Å². The van der Waals surface area contributed by atoms with Gasteiger partial charge in [0.2, 0.25) is 0 Å². The maximum absolute atomic E-state index is 11.8. The maximum Gasteiger partial charge on any atom is 0.340 e. The quantitative estimate of drug-likeness (QED) is 0.616. The summed E-state index contributed by atoms with van der Waals surface area (Å²) in [4.78, 5) is 11.8. The molecule has 110 valence electrons. The summed E-state index contributed by atoms with van der Waals surface area (Å²) in [7, 11) is 1.33. The summed E-state index contributed by atoms with van der Waals surface area (Å²) in [5, 5.41) is 3.80. The molecule has 2 aromatic carbocycles. The van der Waals surface area contributed by atoms with Crippen molar-refractivity contribution in [2.75, 3.05) is 18.2 Å². The van der Waals surface area contributed by atoms with E-state index in [4.69, 9.17) is 22.1 Å². The van der Waals surface area contributed by atoms with E-state index in [2.05, 4.69) is 21.2 Å². The number of hydrogen-bond acceptors (Lipinski definition) is 4. The van der Waals surface area contributed by atoms with Crippen LogP contribution in [-0.4, -0.2) is 13.1 Å². The fourth-order valence-electron chi connectivity index (χ4n) is 1.84. The Kier molecular flexibility index (Phi) is 4.75. The van der Waals surface area contributed by atoms with Gasteiger partial charge in [-0.15, -0.1) is 0 Å². The van der Waals surface area contributed by atoms with E-state index in [1.165, 1.54) is 7.11 Å². The molecule has 2 aromatic rings. The molecule has 0 fully saturated rings. The minimum Gasteiger partial charge on any atom is -0.465 e. The number of halogens is 2. The Labute approximate surface area is 136 Å². The lowest BCUT2D eigenvalue weighted by Crippen LogP contribution is -2.07. The molecule has 0 bridgehead atoms. The van der Waals surface area contributed by atoms with Gasteiger partial charge in [-0.2, -0.15) is 0 Å². The number of carbonyl (C=O) groups excluding carboxylic acids is 1. The van der Waals surface area contributed by atoms with Crippen molar-refractivity contribution < 1.29 is 9.53 Å². The van der Waals surface area contributed by atoms with Crippen LogP contribution in [0.15, 0.2) is 34.8 Å². The summed E-state index contributed by atoms with van der Waals surface area (Å²) in [5.41, 5.74) is 8.87. The Morgan fingerprint density at radius 1 is 1.29 bits per heavy atom. The Bertz CT molecular complexity index is 704. The van der Waals surface area contributed by atoms with Crippen molar-refractivity contribution in [3.63, 3.8) is 0 Å². The van der Waals surface area contributed by atoms with Gasteiger partial charge in [-0.25, -0.2) is 4.79 Å². The molecule has 0 aliphatic carbocycles. The smallest absolute Gasteiger partial charge is 0.340 e. The lowest BCUT2D eigenvalue weighted by Gasteiger charge is -2.14. The van der Waals surface area contributed by atoms with E-state index < -0.39 is 5.97 Å². The molecule has 0 unspecified atom stereocenters. The molecule has 0 saturated heterocycles. The molecule has 21 heavy (non-hydrogen) atoms. The number of aryl methyl sites for hydroxylation is 1. The summed E-state index contributed by atoms with van der Waals surface area (Å²) in [5.74, 6) is -0.459. The minimum atomic E-state index is -0.459. The van der Waals surface area contributed by atoms with Crippen LogP contribution in [0.5, 0.6) is 0 Å². The summed E-state index contributed by atoms with van der Waals surface area (Å²) >= 11 is 9.60. The molecule has 2 rings (SSSR count). The number of nitrogen functional groups attached to an aromatic ring is 1. The predicted molar refractivity (Wildman–Crippen MR) is 89.4 cm³/mol. The number of nitrogens with two attached hydrogens (primary N) is 1. The molecule has 0 heterocycles. The lowest BCUT2D eigenvalue weighted by atomic mass is 10.1. The summed E-state index contributed by atoms with van der Waals surface area (Å²) in [6.45, 7) is 1.92. The predicted octanol–water partition coefficient (Wildman–Crippen LogP) is 4.52. The van der Waals surface area contributed by atoms with Crippen LogP contribution in [0, 0.1) is 6.92 Å². The third-order valence-electron chi connectivity index (χ3n) is 2.97. The first-order valence-electron chi connectivity index (χ1n) is 6.13. The van der Waals surface area contributed by atoms with E-state index in [1.807, 2.05) is 13.0 Å². The van der Waals surface area contributed by atoms with Gasteiger partial charge in [0, 0.05) is 15.2 Å². The van der Waals surface area contributed by atoms with Gasteiger partial charge in [0.1, 0.15) is 0 Å². The second-order valence-electron chi connectivity index (χ2n) is 4.50. The van der Waals surface area contributed by atoms with Crippen molar-refractivity contribution >= 4 is 50.6 Å². The largest absolute Gasteiger partial charge is 0.465 e. The van der Waals surface area contributed by atoms with Crippen LogP contribution in [0.25, 0.3) is 0 Å². The molecule has 4 nitrogen and oxygen atoms in total. The monoisotopic (exact) mass is 368 g/mol. The van der Waals surface area contributed by atoms with E-state index >= 15 is 0 Å². The summed E-state index contributed by atoms with van der Waals surface area (Å²) in [6, 6.07) is 8.69. The third kappa shape index (κ3) is 3.49. The fraction of sp³-hybridized carbons (Fsp3) is 0.133. The molecule has 0 spiro atoms. The highest BCUT2D eigenvalue weighted by molar-refractivity contribution is 9.10. The third-order valence-corrected chi connectivity index (χ3v) is 4.03. The van der Waals surface area contributed by atoms with Gasteiger partial charge in [0.05, 0.1) is 24.0 Å². The molecule has 0 saturated carbocycles. The molecule has 0 aliphatic rings. The Morgan fingerprint density at radius 3 is 2.67 bits per heavy atom. The topological polar surface area (TPSA) is 64.3 Å². The van der Waals surface area contributed by atoms with Gasteiger partial charge in [-0.05, 0) is 58.7 Å². The number of methoxy groups -OCH3 is 1. The van der Waals surface area contributed by atoms with Gasteiger partial charge in [-0.1, -0.05) is 11.6 Å². The van der Waals surface area contributed by atoms with Crippen LogP contribution in [0.1, 0.15) is 15.9 Å². The standard InChI is InChI=1S/C15H14BrClN2O2/c1-8-5-11(16)14(7-12(8)17)19-13-4-3-9(18)6-10(13)15(20)21-2/h3-7,19H,18H2,1-2H3. The van der Waals surface area contributed by atoms with E-state index in [-0.39, 0.29) is 0 Å². The number of rotatable bonds is 3. The Hall–Kier alpha value is -1.72. The molecule has 0 atom stereocenters. The zero-order chi connectivity index (χ0) is 15.6. The van der Waals surface area contributed by atoms with Crippen LogP contribution in [0.4, 0.5) is 17.1 Å². The van der Waals surface area contributed by atoms with Crippen molar-refractivity contribution in [1.82, 2.24) is 0 Å². The number of anilines is 3. The molecule has 0 amide bonds. The summed E-state index contributed by atoms with van der Waals surface area (Å²) < 4.78 is 5.61. The number of ether oxygens (including phenoxy) is 1. The van der Waals surface area contributed by atoms with Gasteiger partial charge < -0.3 is 15.8 Å². The normalized spacial score (nSPS) is 10.3. The van der Waals surface area contributed by atoms with Crippen molar-refractivity contribution in [1.29, 1.82) is 0 Å². The van der Waals surface area contributed by atoms with Gasteiger partial charge in [-0.3, -0.25) is 0 Å². The van der Waals surface area contributed by atoms with Gasteiger partial charge in [0.15, 0.2) is 0 Å². The first-order chi connectivity index (χ1) is 9.92. The highest BCUT2D eigenvalue weighted by Crippen LogP contribution is 2.33. The first kappa shape index (κ1) is 15.7. The highest BCUT2D eigenvalue weighted by Gasteiger charge is 2.14. The average molecular weight is 370 g/mol. The summed E-state index contributed by atoms with van der Waals surface area (Å²) in [6.07, 6.45) is 0. The number of nitrogens with one attached hydrogen (secondary N) is 1. The first-order valence-corrected chi connectivity index (χ1v) is 7.30. The molecular weight excluding hydrogens is 356 g/mol. The number of carbonyl (C=O) groups is 1. The maximum atomic E-state index is 11.8. The molecule has 6 heteroatoms. The Morgan fingerprint density at radius 2 is 2.00 bits per heavy atom. The van der Waals surface area contributed by atoms with Gasteiger partial charge in [0.25, 0.3) is 0 Å². The minimum absolute atomic E-state index is 0.362. The average Bonchev–Trinajstić information content (AvgIpc) is 2.45. The van der Waals surface area contributed by atoms with Crippen LogP contribution < -0.4 is 11.1 Å². The van der Waals surface area contributed by atoms with E-state index in [0.717, 1.165) is 15.7 Å². The van der Waals surface area contributed by atoms with Crippen LogP contribution in [0.3, 0.4) is 0 Å². The zero-order valence-corrected chi connectivity index (χ0v) is 13.9. The molecule has 0 radical (unpaired) electrons.